The number of sulfonamides is 1. The van der Waals surface area contributed by atoms with E-state index in [0.29, 0.717) is 17.9 Å². The highest BCUT2D eigenvalue weighted by Crippen LogP contribution is 2.21. The maximum Gasteiger partial charge on any atom is 0.244 e. The molecule has 0 unspecified atom stereocenters. The van der Waals surface area contributed by atoms with Crippen LogP contribution in [0.4, 0.5) is 0 Å². The summed E-state index contributed by atoms with van der Waals surface area (Å²) in [4.78, 5) is 16.7. The van der Waals surface area contributed by atoms with Gasteiger partial charge in [0.1, 0.15) is 12.4 Å². The Hall–Kier alpha value is -3.01. The van der Waals surface area contributed by atoms with Crippen LogP contribution in [0.25, 0.3) is 6.08 Å². The molecular weight excluding hydrogens is 446 g/mol. The van der Waals surface area contributed by atoms with Crippen molar-refractivity contribution in [2.75, 3.05) is 7.05 Å². The lowest BCUT2D eigenvalue weighted by Gasteiger charge is -2.10. The molecule has 2 aromatic carbocycles. The van der Waals surface area contributed by atoms with Crippen LogP contribution >= 0.6 is 11.3 Å². The van der Waals surface area contributed by atoms with Crippen molar-refractivity contribution in [1.29, 1.82) is 0 Å². The molecule has 3 rings (SSSR count). The number of carbonyl (C=O) groups is 1. The lowest BCUT2D eigenvalue weighted by Crippen LogP contribution is -2.24. The Labute approximate surface area is 192 Å². The zero-order valence-electron chi connectivity index (χ0n) is 17.9. The quantitative estimate of drug-likeness (QED) is 0.442. The third kappa shape index (κ3) is 7.01. The Morgan fingerprint density at radius 2 is 1.84 bits per heavy atom. The van der Waals surface area contributed by atoms with Crippen molar-refractivity contribution in [3.63, 3.8) is 0 Å². The van der Waals surface area contributed by atoms with Gasteiger partial charge < -0.3 is 10.1 Å². The van der Waals surface area contributed by atoms with Crippen LogP contribution < -0.4 is 14.8 Å². The molecular formula is C23H25N3O4S2. The van der Waals surface area contributed by atoms with E-state index in [1.165, 1.54) is 13.1 Å². The minimum atomic E-state index is -3.40. The van der Waals surface area contributed by atoms with E-state index in [1.54, 1.807) is 35.6 Å². The van der Waals surface area contributed by atoms with Gasteiger partial charge in [-0.05, 0) is 37.2 Å². The number of nitrogens with zero attached hydrogens (tertiary/aromatic N) is 1. The molecule has 3 aromatic rings. The number of hydrogen-bond donors (Lipinski definition) is 2. The van der Waals surface area contributed by atoms with E-state index in [1.807, 2.05) is 42.6 Å². The third-order valence-corrected chi connectivity index (χ3v) is 6.74. The van der Waals surface area contributed by atoms with Gasteiger partial charge in [-0.25, -0.2) is 18.1 Å². The van der Waals surface area contributed by atoms with Gasteiger partial charge in [0.15, 0.2) is 0 Å². The molecule has 1 aromatic heterocycles. The van der Waals surface area contributed by atoms with Gasteiger partial charge in [0.05, 0.1) is 16.5 Å². The minimum Gasteiger partial charge on any atom is -0.487 e. The van der Waals surface area contributed by atoms with E-state index < -0.39 is 10.0 Å². The molecule has 7 nitrogen and oxygen atoms in total. The summed E-state index contributed by atoms with van der Waals surface area (Å²) in [6.07, 6.45) is 3.12. The Bertz CT molecular complexity index is 1200. The second-order valence-electron chi connectivity index (χ2n) is 6.97. The number of hydrogen-bond acceptors (Lipinski definition) is 6. The molecule has 0 radical (unpaired) electrons. The normalized spacial score (nSPS) is 11.6. The van der Waals surface area contributed by atoms with Gasteiger partial charge in [0, 0.05) is 23.6 Å². The zero-order chi connectivity index (χ0) is 23.0. The zero-order valence-corrected chi connectivity index (χ0v) is 19.5. The molecule has 168 valence electrons. The minimum absolute atomic E-state index is 0.144. The highest BCUT2D eigenvalue weighted by Gasteiger charge is 2.12. The number of benzene rings is 2. The molecule has 0 aliphatic carbocycles. The number of carbonyl (C=O) groups excluding carboxylic acids is 1. The van der Waals surface area contributed by atoms with Crippen molar-refractivity contribution in [1.82, 2.24) is 15.0 Å². The molecule has 0 atom stereocenters. The summed E-state index contributed by atoms with van der Waals surface area (Å²) in [6.45, 7) is 2.52. The second kappa shape index (κ2) is 11.0. The van der Waals surface area contributed by atoms with Gasteiger partial charge in [-0.3, -0.25) is 4.79 Å². The molecule has 0 fully saturated rings. The highest BCUT2D eigenvalue weighted by atomic mass is 32.2. The number of aryl methyl sites for hydroxylation is 1. The predicted octanol–water partition coefficient (Wildman–Crippen LogP) is 3.41. The second-order valence-corrected chi connectivity index (χ2v) is 9.96. The third-order valence-electron chi connectivity index (χ3n) is 4.60. The van der Waals surface area contributed by atoms with Gasteiger partial charge in [-0.2, -0.15) is 0 Å². The van der Waals surface area contributed by atoms with Crippen molar-refractivity contribution in [3.05, 3.63) is 87.4 Å². The van der Waals surface area contributed by atoms with Gasteiger partial charge in [-0.1, -0.05) is 42.5 Å². The van der Waals surface area contributed by atoms with E-state index in [2.05, 4.69) is 15.0 Å². The van der Waals surface area contributed by atoms with Crippen molar-refractivity contribution < 1.29 is 17.9 Å². The van der Waals surface area contributed by atoms with Crippen LogP contribution in [-0.2, 0) is 33.7 Å². The first-order chi connectivity index (χ1) is 15.4. The van der Waals surface area contributed by atoms with Crippen LogP contribution in [-0.4, -0.2) is 26.4 Å². The molecule has 32 heavy (non-hydrogen) atoms. The average Bonchev–Trinajstić information content (AvgIpc) is 3.21. The standard InChI is InChI=1S/C23H25N3O4S2/c1-17-26-21(15-31-17)14-30-22-10-6-5-7-18(22)11-12-23(27)25-13-19-8-3-4-9-20(19)16-32(28,29)24-2/h3-12,15,24H,13-14,16H2,1-2H3,(H,25,27)/b12-11+. The number of thiazole rings is 1. The summed E-state index contributed by atoms with van der Waals surface area (Å²) in [5.41, 5.74) is 3.02. The van der Waals surface area contributed by atoms with Gasteiger partial charge >= 0.3 is 0 Å². The summed E-state index contributed by atoms with van der Waals surface area (Å²) >= 11 is 1.57. The first-order valence-corrected chi connectivity index (χ1v) is 12.5. The van der Waals surface area contributed by atoms with Gasteiger partial charge in [-0.15, -0.1) is 11.3 Å². The van der Waals surface area contributed by atoms with E-state index in [-0.39, 0.29) is 18.2 Å². The fourth-order valence-corrected chi connectivity index (χ4v) is 4.36. The summed E-state index contributed by atoms with van der Waals surface area (Å²) in [5.74, 6) is 0.222. The fraction of sp³-hybridized carbons (Fsp3) is 0.217. The fourth-order valence-electron chi connectivity index (χ4n) is 2.93. The summed E-state index contributed by atoms with van der Waals surface area (Å²) < 4.78 is 31.9. The van der Waals surface area contributed by atoms with Crippen molar-refractivity contribution in [3.8, 4) is 5.75 Å². The molecule has 0 saturated carbocycles. The SMILES string of the molecule is CNS(=O)(=O)Cc1ccccc1CNC(=O)/C=C/c1ccccc1OCc1csc(C)n1. The predicted molar refractivity (Wildman–Crippen MR) is 127 cm³/mol. The number of amides is 1. The monoisotopic (exact) mass is 471 g/mol. The van der Waals surface area contributed by atoms with E-state index in [9.17, 15) is 13.2 Å². The van der Waals surface area contributed by atoms with E-state index in [0.717, 1.165) is 21.8 Å². The molecule has 1 heterocycles. The van der Waals surface area contributed by atoms with Crippen molar-refractivity contribution in [2.45, 2.75) is 25.8 Å². The first kappa shape index (κ1) is 23.6. The maximum absolute atomic E-state index is 12.4. The largest absolute Gasteiger partial charge is 0.487 e. The number of nitrogens with one attached hydrogen (secondary N) is 2. The Balaban J connectivity index is 1.61. The number of para-hydroxylation sites is 1. The van der Waals surface area contributed by atoms with Crippen molar-refractivity contribution >= 4 is 33.3 Å². The summed E-state index contributed by atoms with van der Waals surface area (Å²) in [7, 11) is -2.02. The maximum atomic E-state index is 12.4. The van der Waals surface area contributed by atoms with Crippen LogP contribution in [0.3, 0.4) is 0 Å². The summed E-state index contributed by atoms with van der Waals surface area (Å²) in [6, 6.07) is 14.6. The highest BCUT2D eigenvalue weighted by molar-refractivity contribution is 7.88. The van der Waals surface area contributed by atoms with Crippen LogP contribution in [0.2, 0.25) is 0 Å². The number of aromatic nitrogens is 1. The van der Waals surface area contributed by atoms with E-state index >= 15 is 0 Å². The Kier molecular flexibility index (Phi) is 8.15. The Morgan fingerprint density at radius 1 is 1.12 bits per heavy atom. The number of ether oxygens (including phenoxy) is 1. The number of rotatable bonds is 10. The molecule has 0 aliphatic rings. The van der Waals surface area contributed by atoms with Gasteiger partial charge in [0.2, 0.25) is 15.9 Å². The van der Waals surface area contributed by atoms with Crippen LogP contribution in [0, 0.1) is 6.92 Å². The van der Waals surface area contributed by atoms with Crippen molar-refractivity contribution in [2.24, 2.45) is 0 Å². The molecule has 0 spiro atoms. The smallest absolute Gasteiger partial charge is 0.244 e. The van der Waals surface area contributed by atoms with Gasteiger partial charge in [0.25, 0.3) is 0 Å². The molecule has 9 heteroatoms. The molecule has 0 aliphatic heterocycles. The first-order valence-electron chi connectivity index (χ1n) is 9.93. The topological polar surface area (TPSA) is 97.4 Å². The molecule has 1 amide bonds. The summed E-state index contributed by atoms with van der Waals surface area (Å²) in [5, 5.41) is 5.75. The van der Waals surface area contributed by atoms with Crippen LogP contribution in [0.5, 0.6) is 5.75 Å². The molecule has 2 N–H and O–H groups in total. The Morgan fingerprint density at radius 3 is 2.56 bits per heavy atom. The van der Waals surface area contributed by atoms with E-state index in [4.69, 9.17) is 4.74 Å². The van der Waals surface area contributed by atoms with Crippen LogP contribution in [0.15, 0.2) is 60.0 Å². The lowest BCUT2D eigenvalue weighted by atomic mass is 10.1. The molecule has 0 bridgehead atoms. The van der Waals surface area contributed by atoms with Crippen LogP contribution in [0.1, 0.15) is 27.4 Å². The average molecular weight is 472 g/mol. The lowest BCUT2D eigenvalue weighted by molar-refractivity contribution is -0.116. The molecule has 0 saturated heterocycles.